The molecule has 2 aromatic rings. The highest BCUT2D eigenvalue weighted by Crippen LogP contribution is 2.32. The van der Waals surface area contributed by atoms with Crippen LogP contribution < -0.4 is 10.6 Å². The summed E-state index contributed by atoms with van der Waals surface area (Å²) in [7, 11) is 0. The van der Waals surface area contributed by atoms with Crippen molar-refractivity contribution in [3.63, 3.8) is 0 Å². The summed E-state index contributed by atoms with van der Waals surface area (Å²) in [5, 5.41) is 6.02. The summed E-state index contributed by atoms with van der Waals surface area (Å²) in [6.45, 7) is 1.06. The zero-order valence-electron chi connectivity index (χ0n) is 16.8. The summed E-state index contributed by atoms with van der Waals surface area (Å²) in [6.07, 6.45) is 16.1. The van der Waals surface area contributed by atoms with Gasteiger partial charge in [0, 0.05) is 18.7 Å². The summed E-state index contributed by atoms with van der Waals surface area (Å²) in [4.78, 5) is 24.8. The van der Waals surface area contributed by atoms with Crippen LogP contribution in [0.2, 0.25) is 0 Å². The number of anilines is 1. The van der Waals surface area contributed by atoms with Gasteiger partial charge in [0.05, 0.1) is 19.0 Å². The molecule has 156 valence electrons. The Balaban J connectivity index is 1.48. The van der Waals surface area contributed by atoms with Crippen molar-refractivity contribution in [1.29, 1.82) is 0 Å². The van der Waals surface area contributed by atoms with Gasteiger partial charge in [0.25, 0.3) is 0 Å². The molecule has 1 aliphatic heterocycles. The van der Waals surface area contributed by atoms with Crippen molar-refractivity contribution in [2.75, 3.05) is 30.4 Å². The van der Waals surface area contributed by atoms with Gasteiger partial charge in [-0.05, 0) is 31.9 Å². The molecular formula is C20H28N6O2S. The van der Waals surface area contributed by atoms with Crippen LogP contribution in [0.1, 0.15) is 44.8 Å². The number of unbranched alkanes of at least 4 members (excludes halogenated alkanes) is 2. The lowest BCUT2D eigenvalue weighted by Gasteiger charge is -2.14. The van der Waals surface area contributed by atoms with Crippen LogP contribution in [0, 0.1) is 12.3 Å². The number of carbonyl (C=O) groups is 1. The second-order valence-corrected chi connectivity index (χ2v) is 7.92. The number of thioether (sulfide) groups is 1. The third-order valence-corrected chi connectivity index (χ3v) is 5.57. The van der Waals surface area contributed by atoms with Crippen LogP contribution in [0.25, 0.3) is 11.2 Å². The van der Waals surface area contributed by atoms with Crippen LogP contribution in [0.5, 0.6) is 0 Å². The van der Waals surface area contributed by atoms with Gasteiger partial charge >= 0.3 is 0 Å². The van der Waals surface area contributed by atoms with E-state index in [9.17, 15) is 4.79 Å². The molecule has 3 heterocycles. The molecule has 9 heteroatoms. The molecule has 0 spiro atoms. The Hall–Kier alpha value is -2.31. The number of hydrogen-bond acceptors (Lipinski definition) is 7. The van der Waals surface area contributed by atoms with Crippen molar-refractivity contribution in [2.24, 2.45) is 0 Å². The van der Waals surface area contributed by atoms with Gasteiger partial charge in [0.2, 0.25) is 5.91 Å². The van der Waals surface area contributed by atoms with Crippen molar-refractivity contribution >= 4 is 34.7 Å². The van der Waals surface area contributed by atoms with E-state index in [0.717, 1.165) is 61.4 Å². The van der Waals surface area contributed by atoms with Crippen LogP contribution in [0.3, 0.4) is 0 Å². The van der Waals surface area contributed by atoms with Crippen molar-refractivity contribution < 1.29 is 9.53 Å². The van der Waals surface area contributed by atoms with Gasteiger partial charge in [-0.3, -0.25) is 9.36 Å². The molecule has 3 rings (SSSR count). The number of fused-ring (bicyclic) bond motifs is 1. The van der Waals surface area contributed by atoms with E-state index >= 15 is 0 Å². The van der Waals surface area contributed by atoms with Crippen LogP contribution in [-0.4, -0.2) is 56.6 Å². The molecule has 0 aliphatic carbocycles. The molecule has 2 aromatic heterocycles. The fraction of sp³-hybridized carbons (Fsp3) is 0.600. The van der Waals surface area contributed by atoms with Gasteiger partial charge in [-0.2, -0.15) is 11.8 Å². The van der Waals surface area contributed by atoms with Gasteiger partial charge in [-0.15, -0.1) is 6.42 Å². The number of nitrogens with one attached hydrogen (secondary N) is 2. The lowest BCUT2D eigenvalue weighted by molar-refractivity contribution is -0.120. The first-order chi connectivity index (χ1) is 14.2. The van der Waals surface area contributed by atoms with Crippen LogP contribution >= 0.6 is 11.8 Å². The molecule has 2 N–H and O–H groups in total. The van der Waals surface area contributed by atoms with Gasteiger partial charge in [0.15, 0.2) is 17.0 Å². The normalized spacial score (nSPS) is 18.6. The van der Waals surface area contributed by atoms with E-state index in [2.05, 4.69) is 37.8 Å². The van der Waals surface area contributed by atoms with E-state index in [1.54, 1.807) is 12.7 Å². The number of ether oxygens (including phenoxy) is 1. The molecule has 0 aromatic carbocycles. The van der Waals surface area contributed by atoms with Crippen molar-refractivity contribution in [1.82, 2.24) is 24.8 Å². The Labute approximate surface area is 175 Å². The molecule has 1 fully saturated rings. The highest BCUT2D eigenvalue weighted by atomic mass is 32.2. The number of hydrogen-bond donors (Lipinski definition) is 2. The molecule has 1 saturated heterocycles. The minimum absolute atomic E-state index is 0.00728. The SMILES string of the molecule is C#CCNC(=O)CCCCCNc1ncnc2c1ncn2[C@H]1CC[C@@H](CSC)O1. The Bertz CT molecular complexity index is 849. The highest BCUT2D eigenvalue weighted by Gasteiger charge is 2.27. The van der Waals surface area contributed by atoms with E-state index in [1.165, 1.54) is 0 Å². The minimum atomic E-state index is -0.0134. The number of terminal acetylenes is 1. The summed E-state index contributed by atoms with van der Waals surface area (Å²) in [5.74, 6) is 4.15. The van der Waals surface area contributed by atoms with E-state index in [-0.39, 0.29) is 12.1 Å². The number of imidazole rings is 1. The van der Waals surface area contributed by atoms with Gasteiger partial charge in [0.1, 0.15) is 12.6 Å². The summed E-state index contributed by atoms with van der Waals surface area (Å²) in [6, 6.07) is 0. The molecular weight excluding hydrogens is 388 g/mol. The van der Waals surface area contributed by atoms with E-state index in [1.807, 2.05) is 16.3 Å². The standard InChI is InChI=1S/C20H28N6O2S/c1-3-10-21-16(27)7-5-4-6-11-22-19-18-20(24-13-23-19)26(14-25-18)17-9-8-15(28-17)12-29-2/h1,13-15,17H,4-12H2,2H3,(H,21,27)(H,22,23,24)/t15-,17+/m0/s1. The molecule has 29 heavy (non-hydrogen) atoms. The highest BCUT2D eigenvalue weighted by molar-refractivity contribution is 7.98. The van der Waals surface area contributed by atoms with Gasteiger partial charge in [-0.25, -0.2) is 15.0 Å². The van der Waals surface area contributed by atoms with Crippen LogP contribution in [-0.2, 0) is 9.53 Å². The molecule has 0 unspecified atom stereocenters. The van der Waals surface area contributed by atoms with E-state index in [4.69, 9.17) is 11.2 Å². The maximum Gasteiger partial charge on any atom is 0.220 e. The fourth-order valence-corrected chi connectivity index (χ4v) is 4.04. The second kappa shape index (κ2) is 11.0. The first kappa shape index (κ1) is 21.4. The Morgan fingerprint density at radius 3 is 3.07 bits per heavy atom. The third kappa shape index (κ3) is 5.84. The average Bonchev–Trinajstić information content (AvgIpc) is 3.36. The Morgan fingerprint density at radius 1 is 1.34 bits per heavy atom. The van der Waals surface area contributed by atoms with Crippen molar-refractivity contribution in [3.8, 4) is 12.3 Å². The fourth-order valence-electron chi connectivity index (χ4n) is 3.42. The molecule has 1 aliphatic rings. The average molecular weight is 417 g/mol. The molecule has 2 atom stereocenters. The van der Waals surface area contributed by atoms with Crippen molar-refractivity contribution in [2.45, 2.75) is 50.9 Å². The topological polar surface area (TPSA) is 94.0 Å². The lowest BCUT2D eigenvalue weighted by Crippen LogP contribution is -2.22. The van der Waals surface area contributed by atoms with Crippen LogP contribution in [0.15, 0.2) is 12.7 Å². The maximum atomic E-state index is 11.5. The quantitative estimate of drug-likeness (QED) is 0.429. The zero-order chi connectivity index (χ0) is 20.5. The summed E-state index contributed by atoms with van der Waals surface area (Å²) >= 11 is 1.81. The number of amides is 1. The monoisotopic (exact) mass is 416 g/mol. The number of aromatic nitrogens is 4. The Morgan fingerprint density at radius 2 is 2.24 bits per heavy atom. The molecule has 0 bridgehead atoms. The minimum Gasteiger partial charge on any atom is -0.368 e. The zero-order valence-corrected chi connectivity index (χ0v) is 17.6. The number of carbonyl (C=O) groups excluding carboxylic acids is 1. The molecule has 8 nitrogen and oxygen atoms in total. The predicted molar refractivity (Wildman–Crippen MR) is 116 cm³/mol. The van der Waals surface area contributed by atoms with Gasteiger partial charge < -0.3 is 15.4 Å². The predicted octanol–water partition coefficient (Wildman–Crippen LogP) is 2.59. The maximum absolute atomic E-state index is 11.5. The largest absolute Gasteiger partial charge is 0.368 e. The molecule has 0 radical (unpaired) electrons. The smallest absolute Gasteiger partial charge is 0.220 e. The third-order valence-electron chi connectivity index (χ3n) is 4.87. The Kier molecular flexibility index (Phi) is 8.14. The summed E-state index contributed by atoms with van der Waals surface area (Å²) in [5.41, 5.74) is 1.56. The first-order valence-corrected chi connectivity index (χ1v) is 11.4. The molecule has 1 amide bonds. The molecule has 0 saturated carbocycles. The number of rotatable bonds is 11. The summed E-state index contributed by atoms with van der Waals surface area (Å²) < 4.78 is 8.15. The van der Waals surface area contributed by atoms with E-state index < -0.39 is 0 Å². The van der Waals surface area contributed by atoms with Crippen molar-refractivity contribution in [3.05, 3.63) is 12.7 Å². The number of nitrogens with zero attached hydrogens (tertiary/aromatic N) is 4. The van der Waals surface area contributed by atoms with Gasteiger partial charge in [-0.1, -0.05) is 12.3 Å². The second-order valence-electron chi connectivity index (χ2n) is 7.01. The first-order valence-electron chi connectivity index (χ1n) is 9.99. The lowest BCUT2D eigenvalue weighted by atomic mass is 10.2. The van der Waals surface area contributed by atoms with E-state index in [0.29, 0.717) is 19.1 Å². The van der Waals surface area contributed by atoms with Crippen LogP contribution in [0.4, 0.5) is 5.82 Å².